The van der Waals surface area contributed by atoms with Crippen LogP contribution in [0.15, 0.2) is 15.5 Å². The van der Waals surface area contributed by atoms with Crippen LogP contribution in [0.5, 0.6) is 0 Å². The number of esters is 2. The van der Waals surface area contributed by atoms with Gasteiger partial charge in [0.2, 0.25) is 0 Å². The van der Waals surface area contributed by atoms with E-state index < -0.39 is 17.4 Å². The van der Waals surface area contributed by atoms with Gasteiger partial charge in [0, 0.05) is 24.2 Å². The van der Waals surface area contributed by atoms with Crippen molar-refractivity contribution in [2.24, 2.45) is 15.5 Å². The highest BCUT2D eigenvalue weighted by Gasteiger charge is 2.33. The van der Waals surface area contributed by atoms with Crippen LogP contribution in [-0.4, -0.2) is 88.2 Å². The Morgan fingerprint density at radius 3 is 1.64 bits per heavy atom. The minimum atomic E-state index is -0.789. The lowest BCUT2D eigenvalue weighted by Gasteiger charge is -2.12. The highest BCUT2D eigenvalue weighted by atomic mass is 35.5. The molecule has 0 aromatic carbocycles. The summed E-state index contributed by atoms with van der Waals surface area (Å²) in [5, 5.41) is 29.3. The second-order valence-corrected chi connectivity index (χ2v) is 10.5. The Morgan fingerprint density at radius 1 is 0.897 bits per heavy atom. The van der Waals surface area contributed by atoms with Gasteiger partial charge in [-0.2, -0.15) is 0 Å². The molecule has 0 spiro atoms. The van der Waals surface area contributed by atoms with Gasteiger partial charge in [0.05, 0.1) is 37.1 Å². The number of carbonyl (C=O) groups is 2. The Kier molecular flexibility index (Phi) is 15.6. The Hall–Kier alpha value is -3.00. The number of halogens is 1. The highest BCUT2D eigenvalue weighted by Crippen LogP contribution is 2.23. The van der Waals surface area contributed by atoms with E-state index in [2.05, 4.69) is 20.2 Å². The molecule has 3 heterocycles. The molecule has 3 aliphatic heterocycles. The monoisotopic (exact) mass is 580 g/mol. The minimum Gasteiger partial charge on any atom is -0.461 e. The van der Waals surface area contributed by atoms with Crippen molar-refractivity contribution in [3.05, 3.63) is 10.1 Å². The van der Waals surface area contributed by atoms with Gasteiger partial charge in [-0.1, -0.05) is 15.5 Å². The van der Waals surface area contributed by atoms with E-state index >= 15 is 0 Å². The Balaban J connectivity index is 0.000000498. The smallest absolute Gasteiger partial charge is 0.378 e. The van der Waals surface area contributed by atoms with Crippen molar-refractivity contribution in [2.75, 3.05) is 32.2 Å². The number of hydrogen-bond donors (Lipinski definition) is 1. The number of rotatable bonds is 7. The van der Waals surface area contributed by atoms with Crippen LogP contribution in [0.3, 0.4) is 0 Å². The molecule has 0 amide bonds. The van der Waals surface area contributed by atoms with Crippen molar-refractivity contribution in [1.29, 1.82) is 0 Å². The topological polar surface area (TPSA) is 181 Å². The zero-order chi connectivity index (χ0) is 30.3. The molecule has 0 atom stereocenters. The summed E-state index contributed by atoms with van der Waals surface area (Å²) < 4.78 is 9.04. The number of aliphatic hydroxyl groups excluding tert-OH is 1. The molecule has 0 radical (unpaired) electrons. The summed E-state index contributed by atoms with van der Waals surface area (Å²) in [4.78, 5) is 45.2. The Labute approximate surface area is 233 Å². The van der Waals surface area contributed by atoms with Crippen LogP contribution in [0.1, 0.15) is 74.7 Å². The normalized spacial score (nSPS) is 18.8. The van der Waals surface area contributed by atoms with Crippen molar-refractivity contribution in [1.82, 2.24) is 0 Å². The van der Waals surface area contributed by atoms with E-state index in [4.69, 9.17) is 36.0 Å². The van der Waals surface area contributed by atoms with Crippen LogP contribution < -0.4 is 0 Å². The lowest BCUT2D eigenvalue weighted by molar-refractivity contribution is -0.470. The third-order valence-corrected chi connectivity index (χ3v) is 4.82. The number of aliphatic hydroxyl groups is 1. The van der Waals surface area contributed by atoms with Crippen molar-refractivity contribution in [2.45, 2.75) is 91.5 Å². The summed E-state index contributed by atoms with van der Waals surface area (Å²) in [7, 11) is 0. The molecule has 0 saturated heterocycles. The first-order valence-electron chi connectivity index (χ1n) is 12.3. The second-order valence-electron chi connectivity index (χ2n) is 10.2. The molecule has 1 N–H and O–H groups in total. The number of hydrogen-bond acceptors (Lipinski definition) is 13. The zero-order valence-electron chi connectivity index (χ0n) is 23.9. The number of nitro groups is 1. The van der Waals surface area contributed by atoms with Crippen LogP contribution in [0, 0.1) is 10.1 Å². The lowest BCUT2D eigenvalue weighted by atomic mass is 10.0. The molecule has 0 bridgehead atoms. The van der Waals surface area contributed by atoms with Gasteiger partial charge in [-0.15, -0.1) is 11.6 Å². The van der Waals surface area contributed by atoms with Crippen LogP contribution in [-0.2, 0) is 33.6 Å². The summed E-state index contributed by atoms with van der Waals surface area (Å²) in [5.74, 6) is -0.672. The van der Waals surface area contributed by atoms with Crippen molar-refractivity contribution in [3.8, 4) is 0 Å². The van der Waals surface area contributed by atoms with Crippen molar-refractivity contribution >= 4 is 40.7 Å². The molecule has 0 saturated carbocycles. The minimum absolute atomic E-state index is 0.0173. The maximum absolute atomic E-state index is 11.1. The molecule has 0 aromatic rings. The third kappa shape index (κ3) is 16.5. The average molecular weight is 581 g/mol. The molecule has 0 unspecified atom stereocenters. The fourth-order valence-electron chi connectivity index (χ4n) is 2.93. The van der Waals surface area contributed by atoms with E-state index in [-0.39, 0.29) is 36.0 Å². The summed E-state index contributed by atoms with van der Waals surface area (Å²) in [6, 6.07) is 0. The standard InChI is InChI=1S/C8H13NO3.C6H10ClNO.C6H11NO2.C4H7NO4/c1-4-11-7(10)6-5-8(2,3)12-9-6;1-6(2)3-5(4-7)8-9-6;1-6(2)3-5(4-8)7-9-6;1-2-9-4(6)3-5(7)8/h4-5H2,1-3H3;3-4H2,1-2H3;8H,3-4H2,1-2H3;2-3H2,1H3. The van der Waals surface area contributed by atoms with Crippen LogP contribution >= 0.6 is 11.6 Å². The van der Waals surface area contributed by atoms with E-state index in [9.17, 15) is 19.7 Å². The number of carbonyl (C=O) groups excluding carboxylic acids is 2. The van der Waals surface area contributed by atoms with Gasteiger partial charge in [0.15, 0.2) is 5.71 Å². The molecule has 0 fully saturated rings. The molecule has 0 aliphatic carbocycles. The van der Waals surface area contributed by atoms with Gasteiger partial charge in [-0.3, -0.25) is 10.1 Å². The SMILES string of the molecule is CC1(C)CC(CCl)=NO1.CC1(C)CC(CO)=NO1.CCOC(=O)C1=NOC(C)(C)C1.CCOC(=O)C[N+](=O)[O-]. The summed E-state index contributed by atoms with van der Waals surface area (Å²) in [6.07, 6.45) is 2.12. The molecule has 14 nitrogen and oxygen atoms in total. The molecule has 3 aliphatic rings. The van der Waals surface area contributed by atoms with Crippen molar-refractivity contribution in [3.63, 3.8) is 0 Å². The molecule has 0 aromatic heterocycles. The third-order valence-electron chi connectivity index (χ3n) is 4.51. The largest absolute Gasteiger partial charge is 0.461 e. The van der Waals surface area contributed by atoms with E-state index in [0.29, 0.717) is 24.6 Å². The fourth-order valence-corrected chi connectivity index (χ4v) is 3.07. The van der Waals surface area contributed by atoms with E-state index in [1.54, 1.807) is 13.8 Å². The number of oxime groups is 3. The molecule has 3 rings (SSSR count). The predicted octanol–water partition coefficient (Wildman–Crippen LogP) is 3.24. The second kappa shape index (κ2) is 16.9. The van der Waals surface area contributed by atoms with Gasteiger partial charge in [0.1, 0.15) is 16.8 Å². The summed E-state index contributed by atoms with van der Waals surface area (Å²) >= 11 is 5.52. The zero-order valence-corrected chi connectivity index (χ0v) is 24.7. The molecule has 224 valence electrons. The first kappa shape index (κ1) is 36.0. The first-order valence-corrected chi connectivity index (χ1v) is 12.9. The molecule has 15 heteroatoms. The fraction of sp³-hybridized carbons (Fsp3) is 0.792. The maximum Gasteiger partial charge on any atom is 0.378 e. The highest BCUT2D eigenvalue weighted by molar-refractivity contribution is 6.36. The van der Waals surface area contributed by atoms with Crippen LogP contribution in [0.25, 0.3) is 0 Å². The number of nitrogens with zero attached hydrogens (tertiary/aromatic N) is 4. The molecular formula is C24H41ClN4O10. The lowest BCUT2D eigenvalue weighted by Crippen LogP contribution is -2.23. The van der Waals surface area contributed by atoms with Crippen LogP contribution in [0.4, 0.5) is 0 Å². The van der Waals surface area contributed by atoms with Gasteiger partial charge in [0.25, 0.3) is 6.54 Å². The van der Waals surface area contributed by atoms with Gasteiger partial charge >= 0.3 is 11.9 Å². The van der Waals surface area contributed by atoms with Crippen LogP contribution in [0.2, 0.25) is 0 Å². The Morgan fingerprint density at radius 2 is 1.36 bits per heavy atom. The summed E-state index contributed by atoms with van der Waals surface area (Å²) in [5.41, 5.74) is 1.38. The Bertz CT molecular complexity index is 883. The van der Waals surface area contributed by atoms with E-state index in [1.165, 1.54) is 0 Å². The van der Waals surface area contributed by atoms with Gasteiger partial charge in [-0.25, -0.2) is 9.59 Å². The predicted molar refractivity (Wildman–Crippen MR) is 145 cm³/mol. The van der Waals surface area contributed by atoms with Crippen molar-refractivity contribution < 1.29 is 43.6 Å². The maximum atomic E-state index is 11.1. The van der Waals surface area contributed by atoms with Gasteiger partial charge < -0.3 is 29.1 Å². The molecular weight excluding hydrogens is 540 g/mol. The quantitative estimate of drug-likeness (QED) is 0.203. The van der Waals surface area contributed by atoms with E-state index in [1.807, 2.05) is 41.5 Å². The average Bonchev–Trinajstić information content (AvgIpc) is 3.49. The summed E-state index contributed by atoms with van der Waals surface area (Å²) in [6.45, 7) is 14.8. The first-order chi connectivity index (χ1) is 18.0. The van der Waals surface area contributed by atoms with E-state index in [0.717, 1.165) is 24.3 Å². The van der Waals surface area contributed by atoms with Gasteiger partial charge in [-0.05, 0) is 55.4 Å². The molecule has 39 heavy (non-hydrogen) atoms. The number of ether oxygens (including phenoxy) is 2. The number of alkyl halides is 1.